The third-order valence-corrected chi connectivity index (χ3v) is 9.96. The lowest BCUT2D eigenvalue weighted by Gasteiger charge is -2.35. The van der Waals surface area contributed by atoms with E-state index >= 15 is 0 Å². The number of aromatic nitrogens is 3. The molecule has 0 aliphatic carbocycles. The summed E-state index contributed by atoms with van der Waals surface area (Å²) in [6.45, 7) is 6.26. The van der Waals surface area contributed by atoms with Crippen molar-refractivity contribution in [1.82, 2.24) is 23.6 Å². The Hall–Kier alpha value is -3.35. The van der Waals surface area contributed by atoms with Crippen LogP contribution in [0.1, 0.15) is 5.56 Å². The van der Waals surface area contributed by atoms with Gasteiger partial charge in [-0.05, 0) is 42.0 Å². The molecule has 0 unspecified atom stereocenters. The summed E-state index contributed by atoms with van der Waals surface area (Å²) in [5.41, 5.74) is 3.05. The van der Waals surface area contributed by atoms with Gasteiger partial charge in [-0.15, -0.1) is 0 Å². The first-order valence-electron chi connectivity index (χ1n) is 13.9. The zero-order valence-electron chi connectivity index (χ0n) is 22.9. The van der Waals surface area contributed by atoms with Gasteiger partial charge in [0, 0.05) is 50.5 Å². The van der Waals surface area contributed by atoms with Crippen LogP contribution in [0, 0.1) is 4.77 Å². The Morgan fingerprint density at radius 2 is 1.49 bits per heavy atom. The molecule has 11 heteroatoms. The second-order valence-corrected chi connectivity index (χ2v) is 12.6. The summed E-state index contributed by atoms with van der Waals surface area (Å²) in [7, 11) is -3.65. The maximum atomic E-state index is 13.4. The summed E-state index contributed by atoms with van der Waals surface area (Å²) in [6.07, 6.45) is 0. The number of ether oxygens (including phenoxy) is 1. The van der Waals surface area contributed by atoms with Gasteiger partial charge in [-0.1, -0.05) is 60.7 Å². The number of morpholine rings is 1. The second-order valence-electron chi connectivity index (χ2n) is 10.3. The largest absolute Gasteiger partial charge is 0.379 e. The Bertz CT molecular complexity index is 1630. The van der Waals surface area contributed by atoms with Crippen molar-refractivity contribution in [3.05, 3.63) is 95.3 Å². The van der Waals surface area contributed by atoms with Crippen LogP contribution >= 0.6 is 12.2 Å². The van der Waals surface area contributed by atoms with E-state index in [2.05, 4.69) is 46.2 Å². The molecule has 2 fully saturated rings. The molecule has 3 aromatic carbocycles. The first kappa shape index (κ1) is 27.8. The van der Waals surface area contributed by atoms with E-state index in [0.29, 0.717) is 55.7 Å². The summed E-state index contributed by atoms with van der Waals surface area (Å²) in [5, 5.41) is 4.97. The van der Waals surface area contributed by atoms with Crippen LogP contribution in [0.2, 0.25) is 0 Å². The number of benzene rings is 3. The van der Waals surface area contributed by atoms with E-state index in [1.807, 2.05) is 39.6 Å². The van der Waals surface area contributed by atoms with E-state index in [0.717, 1.165) is 31.7 Å². The van der Waals surface area contributed by atoms with Gasteiger partial charge in [0.2, 0.25) is 10.0 Å². The maximum absolute atomic E-state index is 13.4. The zero-order chi connectivity index (χ0) is 28.2. The number of piperazine rings is 1. The molecule has 3 heterocycles. The van der Waals surface area contributed by atoms with E-state index in [1.54, 1.807) is 18.2 Å². The molecule has 1 aromatic heterocycles. The summed E-state index contributed by atoms with van der Waals surface area (Å²) in [4.78, 5) is 5.01. The Morgan fingerprint density at radius 3 is 2.20 bits per heavy atom. The molecule has 2 aliphatic rings. The highest BCUT2D eigenvalue weighted by Gasteiger charge is 2.27. The van der Waals surface area contributed by atoms with Crippen LogP contribution in [0.15, 0.2) is 89.8 Å². The van der Waals surface area contributed by atoms with Gasteiger partial charge >= 0.3 is 0 Å². The highest BCUT2D eigenvalue weighted by molar-refractivity contribution is 7.89. The highest BCUT2D eigenvalue weighted by atomic mass is 32.2. The highest BCUT2D eigenvalue weighted by Crippen LogP contribution is 2.26. The van der Waals surface area contributed by atoms with Gasteiger partial charge in [0.15, 0.2) is 10.6 Å². The Balaban J connectivity index is 1.29. The molecule has 0 atom stereocenters. The van der Waals surface area contributed by atoms with Crippen molar-refractivity contribution in [2.24, 2.45) is 0 Å². The van der Waals surface area contributed by atoms with Gasteiger partial charge < -0.3 is 9.64 Å². The molecule has 2 saturated heterocycles. The molecular weight excluding hydrogens is 557 g/mol. The molecule has 0 N–H and O–H groups in total. The molecule has 0 spiro atoms. The predicted octanol–water partition coefficient (Wildman–Crippen LogP) is 3.93. The average Bonchev–Trinajstić information content (AvgIpc) is 3.33. The summed E-state index contributed by atoms with van der Waals surface area (Å²) in [5.74, 6) is 0.654. The third-order valence-electron chi connectivity index (χ3n) is 7.63. The fourth-order valence-corrected chi connectivity index (χ4v) is 7.07. The fraction of sp³-hybridized carbons (Fsp3) is 0.333. The molecular formula is C30H34N6O3S2. The Morgan fingerprint density at radius 1 is 0.805 bits per heavy atom. The minimum Gasteiger partial charge on any atom is -0.379 e. The van der Waals surface area contributed by atoms with E-state index in [-0.39, 0.29) is 4.90 Å². The van der Waals surface area contributed by atoms with Crippen molar-refractivity contribution in [1.29, 1.82) is 0 Å². The van der Waals surface area contributed by atoms with Crippen molar-refractivity contribution in [2.45, 2.75) is 18.1 Å². The monoisotopic (exact) mass is 590 g/mol. The number of nitrogens with zero attached hydrogens (tertiary/aromatic N) is 6. The predicted molar refractivity (Wildman–Crippen MR) is 162 cm³/mol. The SMILES string of the molecule is O=S(=O)(c1cccc(-c2nn(CN3CCN(c4ccccc4)CC3)c(=S)n2Cc2ccccc2)c1)N1CCOCC1. The van der Waals surface area contributed by atoms with Crippen molar-refractivity contribution in [2.75, 3.05) is 57.4 Å². The smallest absolute Gasteiger partial charge is 0.243 e. The van der Waals surface area contributed by atoms with Gasteiger partial charge in [0.1, 0.15) is 0 Å². The van der Waals surface area contributed by atoms with Crippen molar-refractivity contribution >= 4 is 27.9 Å². The van der Waals surface area contributed by atoms with Gasteiger partial charge in [0.25, 0.3) is 0 Å². The van der Waals surface area contributed by atoms with E-state index in [1.165, 1.54) is 9.99 Å². The Labute approximate surface area is 246 Å². The number of sulfonamides is 1. The number of rotatable bonds is 8. The molecule has 0 radical (unpaired) electrons. The molecule has 0 bridgehead atoms. The van der Waals surface area contributed by atoms with Crippen LogP contribution in [-0.2, 0) is 28.0 Å². The first-order valence-corrected chi connectivity index (χ1v) is 15.8. The minimum atomic E-state index is -3.65. The number of para-hydroxylation sites is 1. The van der Waals surface area contributed by atoms with Gasteiger partial charge in [-0.25, -0.2) is 13.1 Å². The normalized spacial score (nSPS) is 17.1. The van der Waals surface area contributed by atoms with Crippen LogP contribution < -0.4 is 4.90 Å². The lowest BCUT2D eigenvalue weighted by atomic mass is 10.2. The van der Waals surface area contributed by atoms with Crippen LogP contribution in [0.5, 0.6) is 0 Å². The molecule has 2 aliphatic heterocycles. The fourth-order valence-electron chi connectivity index (χ4n) is 5.36. The first-order chi connectivity index (χ1) is 20.0. The maximum Gasteiger partial charge on any atom is 0.243 e. The van der Waals surface area contributed by atoms with Gasteiger partial charge in [-0.2, -0.15) is 9.40 Å². The second kappa shape index (κ2) is 12.3. The average molecular weight is 591 g/mol. The summed E-state index contributed by atoms with van der Waals surface area (Å²) in [6, 6.07) is 27.6. The van der Waals surface area contributed by atoms with Crippen molar-refractivity contribution < 1.29 is 13.2 Å². The van der Waals surface area contributed by atoms with Crippen LogP contribution in [-0.4, -0.2) is 84.5 Å². The van der Waals surface area contributed by atoms with Crippen LogP contribution in [0.4, 0.5) is 5.69 Å². The minimum absolute atomic E-state index is 0.251. The van der Waals surface area contributed by atoms with Gasteiger partial charge in [-0.3, -0.25) is 9.47 Å². The molecule has 9 nitrogen and oxygen atoms in total. The lowest BCUT2D eigenvalue weighted by molar-refractivity contribution is 0.0730. The number of hydrogen-bond donors (Lipinski definition) is 0. The third kappa shape index (κ3) is 6.14. The van der Waals surface area contributed by atoms with E-state index < -0.39 is 10.0 Å². The number of hydrogen-bond acceptors (Lipinski definition) is 7. The lowest BCUT2D eigenvalue weighted by Crippen LogP contribution is -2.47. The molecule has 41 heavy (non-hydrogen) atoms. The molecule has 0 amide bonds. The molecule has 214 valence electrons. The van der Waals surface area contributed by atoms with Gasteiger partial charge in [0.05, 0.1) is 31.3 Å². The Kier molecular flexibility index (Phi) is 8.31. The summed E-state index contributed by atoms with van der Waals surface area (Å²) < 4.78 is 38.2. The zero-order valence-corrected chi connectivity index (χ0v) is 24.5. The molecule has 6 rings (SSSR count). The quantitative estimate of drug-likeness (QED) is 0.288. The topological polar surface area (TPSA) is 75.8 Å². The number of anilines is 1. The van der Waals surface area contributed by atoms with E-state index in [9.17, 15) is 8.42 Å². The molecule has 0 saturated carbocycles. The van der Waals surface area contributed by atoms with Crippen molar-refractivity contribution in [3.8, 4) is 11.4 Å². The standard InChI is InChI=1S/C30H34N6O3S2/c37-41(38,34-18-20-39-21-19-34)28-13-7-10-26(22-28)29-31-36(30(40)35(29)23-25-8-3-1-4-9-25)24-32-14-16-33(17-15-32)27-11-5-2-6-12-27/h1-13,22H,14-21,23-24H2. The van der Waals surface area contributed by atoms with Crippen LogP contribution in [0.25, 0.3) is 11.4 Å². The summed E-state index contributed by atoms with van der Waals surface area (Å²) >= 11 is 5.97. The van der Waals surface area contributed by atoms with Crippen molar-refractivity contribution in [3.63, 3.8) is 0 Å². The molecule has 4 aromatic rings. The van der Waals surface area contributed by atoms with Crippen LogP contribution in [0.3, 0.4) is 0 Å². The van der Waals surface area contributed by atoms with E-state index in [4.69, 9.17) is 22.1 Å².